The maximum atomic E-state index is 5.21. The van der Waals surface area contributed by atoms with Gasteiger partial charge in [0.15, 0.2) is 5.96 Å². The Labute approximate surface area is 149 Å². The Bertz CT molecular complexity index is 501. The molecule has 2 rings (SSSR count). The highest BCUT2D eigenvalue weighted by Gasteiger charge is 2.28. The third kappa shape index (κ3) is 7.15. The highest BCUT2D eigenvalue weighted by molar-refractivity contribution is 7.09. The van der Waals surface area contributed by atoms with Crippen LogP contribution in [-0.2, 0) is 11.2 Å². The molecule has 0 bridgehead atoms. The molecule has 6 nitrogen and oxygen atoms in total. The summed E-state index contributed by atoms with van der Waals surface area (Å²) in [6.07, 6.45) is 3.56. The van der Waals surface area contributed by atoms with Gasteiger partial charge in [0, 0.05) is 51.1 Å². The van der Waals surface area contributed by atoms with Crippen molar-refractivity contribution >= 4 is 17.3 Å². The highest BCUT2D eigenvalue weighted by atomic mass is 32.1. The molecule has 2 N–H and O–H groups in total. The fourth-order valence-corrected chi connectivity index (χ4v) is 3.24. The van der Waals surface area contributed by atoms with Crippen LogP contribution in [0, 0.1) is 6.92 Å². The Hall–Kier alpha value is -1.18. The number of ether oxygens (including phenoxy) is 1. The van der Waals surface area contributed by atoms with Crippen LogP contribution in [0.25, 0.3) is 0 Å². The van der Waals surface area contributed by atoms with E-state index in [2.05, 4.69) is 32.8 Å². The van der Waals surface area contributed by atoms with Gasteiger partial charge in [-0.25, -0.2) is 4.98 Å². The first-order valence-electron chi connectivity index (χ1n) is 8.89. The minimum atomic E-state index is 0.749. The summed E-state index contributed by atoms with van der Waals surface area (Å²) in [5, 5.41) is 9.97. The van der Waals surface area contributed by atoms with E-state index < -0.39 is 0 Å². The summed E-state index contributed by atoms with van der Waals surface area (Å²) in [5.41, 5.74) is 1.15. The van der Waals surface area contributed by atoms with Gasteiger partial charge in [-0.05, 0) is 26.7 Å². The lowest BCUT2D eigenvalue weighted by molar-refractivity contribution is 0.145. The molecular formula is C17H31N5OS. The van der Waals surface area contributed by atoms with Crippen molar-refractivity contribution in [2.75, 3.05) is 46.4 Å². The third-order valence-corrected chi connectivity index (χ3v) is 4.81. The van der Waals surface area contributed by atoms with Gasteiger partial charge in [-0.2, -0.15) is 0 Å². The summed E-state index contributed by atoms with van der Waals surface area (Å²) in [7, 11) is 1.76. The fraction of sp³-hybridized carbons (Fsp3) is 0.765. The van der Waals surface area contributed by atoms with Crippen LogP contribution in [0.1, 0.15) is 30.5 Å². The summed E-state index contributed by atoms with van der Waals surface area (Å²) in [6, 6.07) is 0.749. The zero-order valence-electron chi connectivity index (χ0n) is 15.2. The van der Waals surface area contributed by atoms with Crippen molar-refractivity contribution < 1.29 is 4.74 Å². The van der Waals surface area contributed by atoms with Gasteiger partial charge >= 0.3 is 0 Å². The number of aromatic nitrogens is 1. The molecular weight excluding hydrogens is 322 g/mol. The van der Waals surface area contributed by atoms with Gasteiger partial charge in [0.25, 0.3) is 0 Å². The number of thiazole rings is 1. The van der Waals surface area contributed by atoms with Crippen LogP contribution in [0.4, 0.5) is 0 Å². The second kappa shape index (κ2) is 10.6. The average molecular weight is 354 g/mol. The molecule has 1 aromatic heterocycles. The molecule has 0 radical (unpaired) electrons. The van der Waals surface area contributed by atoms with Gasteiger partial charge in [-0.3, -0.25) is 9.89 Å². The van der Waals surface area contributed by atoms with Crippen molar-refractivity contribution in [2.45, 2.75) is 39.2 Å². The van der Waals surface area contributed by atoms with E-state index in [1.807, 2.05) is 6.92 Å². The van der Waals surface area contributed by atoms with Crippen molar-refractivity contribution in [3.63, 3.8) is 0 Å². The van der Waals surface area contributed by atoms with Crippen LogP contribution in [0.2, 0.25) is 0 Å². The minimum absolute atomic E-state index is 0.749. The maximum Gasteiger partial charge on any atom is 0.191 e. The third-order valence-electron chi connectivity index (χ3n) is 3.99. The second-order valence-electron chi connectivity index (χ2n) is 6.06. The number of aryl methyl sites for hydroxylation is 1. The predicted octanol–water partition coefficient (Wildman–Crippen LogP) is 1.66. The summed E-state index contributed by atoms with van der Waals surface area (Å²) in [5.74, 6) is 0.895. The summed E-state index contributed by atoms with van der Waals surface area (Å²) >= 11 is 1.71. The lowest BCUT2D eigenvalue weighted by Crippen LogP contribution is -2.39. The van der Waals surface area contributed by atoms with E-state index in [0.29, 0.717) is 0 Å². The van der Waals surface area contributed by atoms with Gasteiger partial charge in [-0.15, -0.1) is 11.3 Å². The van der Waals surface area contributed by atoms with Crippen molar-refractivity contribution in [1.82, 2.24) is 20.5 Å². The molecule has 7 heteroatoms. The van der Waals surface area contributed by atoms with Crippen molar-refractivity contribution in [2.24, 2.45) is 4.99 Å². The Morgan fingerprint density at radius 1 is 1.42 bits per heavy atom. The van der Waals surface area contributed by atoms with E-state index in [9.17, 15) is 0 Å². The molecule has 0 aromatic carbocycles. The number of methoxy groups -OCH3 is 1. The molecule has 0 amide bonds. The average Bonchev–Trinajstić information content (AvgIpc) is 3.33. The van der Waals surface area contributed by atoms with E-state index in [1.165, 1.54) is 12.8 Å². The van der Waals surface area contributed by atoms with E-state index >= 15 is 0 Å². The molecule has 1 heterocycles. The molecule has 1 saturated carbocycles. The first-order chi connectivity index (χ1) is 11.7. The number of aliphatic imine (C=N–C) groups is 1. The highest BCUT2D eigenvalue weighted by Crippen LogP contribution is 2.26. The van der Waals surface area contributed by atoms with Crippen molar-refractivity contribution in [3.05, 3.63) is 16.1 Å². The first kappa shape index (κ1) is 19.1. The zero-order chi connectivity index (χ0) is 17.2. The summed E-state index contributed by atoms with van der Waals surface area (Å²) in [6.45, 7) is 9.47. The molecule has 1 aliphatic carbocycles. The Morgan fingerprint density at radius 2 is 2.25 bits per heavy atom. The second-order valence-corrected chi connectivity index (χ2v) is 7.12. The first-order valence-corrected chi connectivity index (χ1v) is 9.77. The molecule has 1 aromatic rings. The number of nitrogens with one attached hydrogen (secondary N) is 2. The summed E-state index contributed by atoms with van der Waals surface area (Å²) in [4.78, 5) is 11.7. The molecule has 0 atom stereocenters. The van der Waals surface area contributed by atoms with E-state index in [4.69, 9.17) is 9.73 Å². The van der Waals surface area contributed by atoms with Gasteiger partial charge < -0.3 is 15.4 Å². The number of guanidine groups is 1. The molecule has 0 aliphatic heterocycles. The Morgan fingerprint density at radius 3 is 2.88 bits per heavy atom. The topological polar surface area (TPSA) is 61.8 Å². The van der Waals surface area contributed by atoms with E-state index in [0.717, 1.165) is 68.5 Å². The minimum Gasteiger partial charge on any atom is -0.383 e. The number of nitrogens with zero attached hydrogens (tertiary/aromatic N) is 3. The number of rotatable bonds is 11. The lowest BCUT2D eigenvalue weighted by atomic mass is 10.3. The maximum absolute atomic E-state index is 5.21. The van der Waals surface area contributed by atoms with Crippen LogP contribution < -0.4 is 10.6 Å². The van der Waals surface area contributed by atoms with Crippen LogP contribution in [0.15, 0.2) is 10.4 Å². The quantitative estimate of drug-likeness (QED) is 0.468. The molecule has 136 valence electrons. The van der Waals surface area contributed by atoms with Crippen LogP contribution in [-0.4, -0.2) is 68.3 Å². The normalized spacial score (nSPS) is 15.1. The molecule has 0 unspecified atom stereocenters. The largest absolute Gasteiger partial charge is 0.383 e. The molecule has 1 fully saturated rings. The standard InChI is InChI=1S/C17H31N5OS/c1-4-18-17(19-8-7-15-13-24-14(2)21-15)20-9-10-22(11-12-23-3)16-5-6-16/h13,16H,4-12H2,1-3H3,(H2,18,19,20). The van der Waals surface area contributed by atoms with Gasteiger partial charge in [0.05, 0.1) is 23.9 Å². The molecule has 0 spiro atoms. The smallest absolute Gasteiger partial charge is 0.191 e. The Balaban J connectivity index is 1.72. The van der Waals surface area contributed by atoms with E-state index in [1.54, 1.807) is 18.4 Å². The molecule has 1 aliphatic rings. The van der Waals surface area contributed by atoms with Crippen LogP contribution in [0.3, 0.4) is 0 Å². The SMILES string of the molecule is CCNC(=NCCN(CCOC)C1CC1)NCCc1csc(C)n1. The summed E-state index contributed by atoms with van der Waals surface area (Å²) < 4.78 is 5.21. The Kier molecular flexibility index (Phi) is 8.49. The monoisotopic (exact) mass is 353 g/mol. The van der Waals surface area contributed by atoms with Gasteiger partial charge in [0.2, 0.25) is 0 Å². The predicted molar refractivity (Wildman–Crippen MR) is 101 cm³/mol. The van der Waals surface area contributed by atoms with Gasteiger partial charge in [-0.1, -0.05) is 0 Å². The zero-order valence-corrected chi connectivity index (χ0v) is 16.0. The number of hydrogen-bond donors (Lipinski definition) is 2. The fourth-order valence-electron chi connectivity index (χ4n) is 2.59. The van der Waals surface area contributed by atoms with Gasteiger partial charge in [0.1, 0.15) is 0 Å². The van der Waals surface area contributed by atoms with Crippen LogP contribution >= 0.6 is 11.3 Å². The van der Waals surface area contributed by atoms with Crippen LogP contribution in [0.5, 0.6) is 0 Å². The molecule has 24 heavy (non-hydrogen) atoms. The lowest BCUT2D eigenvalue weighted by Gasteiger charge is -2.20. The van der Waals surface area contributed by atoms with Crippen molar-refractivity contribution in [1.29, 1.82) is 0 Å². The number of hydrogen-bond acceptors (Lipinski definition) is 5. The van der Waals surface area contributed by atoms with Crippen molar-refractivity contribution in [3.8, 4) is 0 Å². The van der Waals surface area contributed by atoms with E-state index in [-0.39, 0.29) is 0 Å². The molecule has 0 saturated heterocycles.